The van der Waals surface area contributed by atoms with Crippen LogP contribution in [0.4, 0.5) is 0 Å². The summed E-state index contributed by atoms with van der Waals surface area (Å²) in [6, 6.07) is 8.24. The number of rotatable bonds is 2. The lowest BCUT2D eigenvalue weighted by Crippen LogP contribution is -2.36. The summed E-state index contributed by atoms with van der Waals surface area (Å²) in [7, 11) is -0.860. The van der Waals surface area contributed by atoms with Crippen molar-refractivity contribution in [1.29, 1.82) is 0 Å². The molecule has 0 aromatic heterocycles. The lowest BCUT2D eigenvalue weighted by Gasteiger charge is -2.20. The molecule has 1 aliphatic rings. The third-order valence-electron chi connectivity index (χ3n) is 2.53. The van der Waals surface area contributed by atoms with Gasteiger partial charge in [0, 0.05) is 6.61 Å². The zero-order chi connectivity index (χ0) is 10.7. The van der Waals surface area contributed by atoms with Crippen LogP contribution in [0.3, 0.4) is 0 Å². The zero-order valence-electron chi connectivity index (χ0n) is 8.40. The Balaban J connectivity index is 2.11. The van der Waals surface area contributed by atoms with E-state index in [9.17, 15) is 4.79 Å². The molecule has 1 radical (unpaired) electrons. The van der Waals surface area contributed by atoms with Crippen molar-refractivity contribution in [3.05, 3.63) is 29.8 Å². The second-order valence-electron chi connectivity index (χ2n) is 3.61. The van der Waals surface area contributed by atoms with Crippen LogP contribution in [0.5, 0.6) is 0 Å². The topological polar surface area (TPSA) is 46.5 Å². The summed E-state index contributed by atoms with van der Waals surface area (Å²) in [5, 5.41) is 9.95. The Bertz CT molecular complexity index is 341. The van der Waals surface area contributed by atoms with Crippen molar-refractivity contribution in [2.75, 3.05) is 6.61 Å². The maximum absolute atomic E-state index is 10.7. The summed E-state index contributed by atoms with van der Waals surface area (Å²) in [5.74, 6) is -0.872. The smallest absolute Gasteiger partial charge is 0.335 e. The van der Waals surface area contributed by atoms with E-state index in [1.165, 1.54) is 11.6 Å². The molecular weight excluding hydrogens is 208 g/mol. The Kier molecular flexibility index (Phi) is 3.18. The normalized spacial score (nSPS) is 17.6. The van der Waals surface area contributed by atoms with Crippen LogP contribution in [0.2, 0.25) is 6.04 Å². The number of carboxylic acid groups (broad SMARTS) is 1. The van der Waals surface area contributed by atoms with E-state index in [1.54, 1.807) is 12.1 Å². The lowest BCUT2D eigenvalue weighted by atomic mass is 10.2. The van der Waals surface area contributed by atoms with Gasteiger partial charge in [-0.1, -0.05) is 18.6 Å². The Labute approximate surface area is 90.4 Å². The van der Waals surface area contributed by atoms with Crippen molar-refractivity contribution in [2.45, 2.75) is 18.9 Å². The summed E-state index contributed by atoms with van der Waals surface area (Å²) >= 11 is 0. The number of carbonyl (C=O) groups is 1. The van der Waals surface area contributed by atoms with Crippen LogP contribution in [-0.2, 0) is 4.43 Å². The predicted octanol–water partition coefficient (Wildman–Crippen LogP) is 1.39. The molecule has 0 spiro atoms. The van der Waals surface area contributed by atoms with Crippen LogP contribution < -0.4 is 5.19 Å². The van der Waals surface area contributed by atoms with Crippen molar-refractivity contribution in [2.24, 2.45) is 0 Å². The van der Waals surface area contributed by atoms with Gasteiger partial charge in [0.25, 0.3) is 0 Å². The number of benzene rings is 1. The van der Waals surface area contributed by atoms with Gasteiger partial charge in [-0.3, -0.25) is 0 Å². The van der Waals surface area contributed by atoms with E-state index >= 15 is 0 Å². The molecule has 1 saturated heterocycles. The highest BCUT2D eigenvalue weighted by Crippen LogP contribution is 2.11. The van der Waals surface area contributed by atoms with Crippen LogP contribution >= 0.6 is 0 Å². The van der Waals surface area contributed by atoms with Crippen molar-refractivity contribution in [3.63, 3.8) is 0 Å². The van der Waals surface area contributed by atoms with Gasteiger partial charge < -0.3 is 9.53 Å². The number of aromatic carboxylic acids is 1. The number of hydrogen-bond donors (Lipinski definition) is 1. The summed E-state index contributed by atoms with van der Waals surface area (Å²) in [5.41, 5.74) is 0.345. The largest absolute Gasteiger partial charge is 0.478 e. The summed E-state index contributed by atoms with van der Waals surface area (Å²) < 4.78 is 5.72. The van der Waals surface area contributed by atoms with Crippen molar-refractivity contribution in [3.8, 4) is 0 Å². The van der Waals surface area contributed by atoms with Gasteiger partial charge in [0.15, 0.2) is 0 Å². The van der Waals surface area contributed by atoms with E-state index in [4.69, 9.17) is 9.53 Å². The average Bonchev–Trinajstić information content (AvgIpc) is 2.30. The zero-order valence-corrected chi connectivity index (χ0v) is 9.40. The van der Waals surface area contributed by atoms with Gasteiger partial charge in [0.2, 0.25) is 9.04 Å². The SMILES string of the molecule is O=C(O)c1ccc([Si]2CCCCO2)cc1. The first-order chi connectivity index (χ1) is 7.27. The molecule has 0 aliphatic carbocycles. The minimum Gasteiger partial charge on any atom is -0.478 e. The van der Waals surface area contributed by atoms with Gasteiger partial charge in [-0.25, -0.2) is 4.79 Å². The maximum atomic E-state index is 10.7. The first-order valence-corrected chi connectivity index (χ1v) is 6.71. The van der Waals surface area contributed by atoms with Gasteiger partial charge in [-0.05, 0) is 29.8 Å². The fourth-order valence-electron chi connectivity index (χ4n) is 1.68. The third kappa shape index (κ3) is 2.46. The first kappa shape index (κ1) is 10.4. The Morgan fingerprint density at radius 2 is 2.00 bits per heavy atom. The minimum atomic E-state index is -0.872. The van der Waals surface area contributed by atoms with Crippen LogP contribution in [0.15, 0.2) is 24.3 Å². The van der Waals surface area contributed by atoms with Crippen molar-refractivity contribution >= 4 is 20.2 Å². The Hall–Kier alpha value is -1.13. The summed E-state index contributed by atoms with van der Waals surface area (Å²) in [6.07, 6.45) is 2.39. The minimum absolute atomic E-state index is 0.345. The fourth-order valence-corrected chi connectivity index (χ4v) is 3.78. The molecule has 0 atom stereocenters. The van der Waals surface area contributed by atoms with E-state index in [0.717, 1.165) is 19.1 Å². The van der Waals surface area contributed by atoms with Crippen molar-refractivity contribution in [1.82, 2.24) is 0 Å². The van der Waals surface area contributed by atoms with E-state index < -0.39 is 15.0 Å². The number of carboxylic acids is 1. The van der Waals surface area contributed by atoms with E-state index in [0.29, 0.717) is 5.56 Å². The molecule has 1 heterocycles. The van der Waals surface area contributed by atoms with Crippen LogP contribution in [0, 0.1) is 0 Å². The molecule has 1 aromatic carbocycles. The average molecular weight is 221 g/mol. The highest BCUT2D eigenvalue weighted by atomic mass is 28.3. The molecule has 2 rings (SSSR count). The molecular formula is C11H13O3Si. The molecule has 1 aliphatic heterocycles. The van der Waals surface area contributed by atoms with Crippen molar-refractivity contribution < 1.29 is 14.3 Å². The molecule has 0 saturated carbocycles. The molecule has 1 aromatic rings. The van der Waals surface area contributed by atoms with E-state index in [-0.39, 0.29) is 0 Å². The Morgan fingerprint density at radius 1 is 1.27 bits per heavy atom. The standard InChI is InChI=1S/C11H13O3Si/c12-11(13)9-3-5-10(6-4-9)15-8-2-1-7-14-15/h3-6H,1-2,7-8H2,(H,12,13). The molecule has 3 nitrogen and oxygen atoms in total. The first-order valence-electron chi connectivity index (χ1n) is 5.10. The monoisotopic (exact) mass is 221 g/mol. The van der Waals surface area contributed by atoms with E-state index in [1.807, 2.05) is 12.1 Å². The fraction of sp³-hybridized carbons (Fsp3) is 0.364. The molecule has 4 heteroatoms. The number of hydrogen-bond acceptors (Lipinski definition) is 2. The molecule has 15 heavy (non-hydrogen) atoms. The Morgan fingerprint density at radius 3 is 2.53 bits per heavy atom. The van der Waals surface area contributed by atoms with Gasteiger partial charge in [0.1, 0.15) is 0 Å². The van der Waals surface area contributed by atoms with Crippen LogP contribution in [0.25, 0.3) is 0 Å². The van der Waals surface area contributed by atoms with Crippen LogP contribution in [0.1, 0.15) is 23.2 Å². The molecule has 1 fully saturated rings. The highest BCUT2D eigenvalue weighted by molar-refractivity contribution is 6.67. The highest BCUT2D eigenvalue weighted by Gasteiger charge is 2.19. The van der Waals surface area contributed by atoms with Crippen LogP contribution in [-0.4, -0.2) is 26.7 Å². The van der Waals surface area contributed by atoms with E-state index in [2.05, 4.69) is 0 Å². The maximum Gasteiger partial charge on any atom is 0.335 e. The molecule has 0 bridgehead atoms. The quantitative estimate of drug-likeness (QED) is 0.768. The molecule has 79 valence electrons. The second kappa shape index (κ2) is 4.59. The van der Waals surface area contributed by atoms with Gasteiger partial charge in [-0.2, -0.15) is 0 Å². The lowest BCUT2D eigenvalue weighted by molar-refractivity contribution is 0.0697. The summed E-state index contributed by atoms with van der Waals surface area (Å²) in [6.45, 7) is 0.856. The third-order valence-corrected chi connectivity index (χ3v) is 4.87. The predicted molar refractivity (Wildman–Crippen MR) is 58.8 cm³/mol. The molecule has 1 N–H and O–H groups in total. The summed E-state index contributed by atoms with van der Waals surface area (Å²) in [4.78, 5) is 10.7. The van der Waals surface area contributed by atoms with Gasteiger partial charge in [0.05, 0.1) is 5.56 Å². The van der Waals surface area contributed by atoms with Gasteiger partial charge >= 0.3 is 5.97 Å². The molecule has 0 unspecified atom stereocenters. The molecule has 0 amide bonds. The van der Waals surface area contributed by atoms with Gasteiger partial charge in [-0.15, -0.1) is 0 Å². The second-order valence-corrected chi connectivity index (χ2v) is 5.82.